The number of hydrogen-bond donors (Lipinski definition) is 4. The van der Waals surface area contributed by atoms with Gasteiger partial charge in [-0.15, -0.1) is 0 Å². The summed E-state index contributed by atoms with van der Waals surface area (Å²) in [6.45, 7) is 0.214. The molecule has 0 radical (unpaired) electrons. The van der Waals surface area contributed by atoms with Crippen molar-refractivity contribution in [3.63, 3.8) is 0 Å². The van der Waals surface area contributed by atoms with Gasteiger partial charge in [0.1, 0.15) is 6.10 Å². The number of primary amides is 1. The van der Waals surface area contributed by atoms with Crippen LogP contribution in [0.5, 0.6) is 0 Å². The van der Waals surface area contributed by atoms with Crippen LogP contribution in [0.2, 0.25) is 0 Å². The number of aromatic nitrogens is 1. The van der Waals surface area contributed by atoms with Crippen LogP contribution in [0.1, 0.15) is 22.8 Å². The first-order valence-electron chi connectivity index (χ1n) is 7.92. The predicted octanol–water partition coefficient (Wildman–Crippen LogP) is 1.85. The van der Waals surface area contributed by atoms with Crippen LogP contribution in [0.3, 0.4) is 0 Å². The first-order valence-corrected chi connectivity index (χ1v) is 7.92. The van der Waals surface area contributed by atoms with Crippen molar-refractivity contribution >= 4 is 16.8 Å². The number of fused-ring (bicyclic) bond motifs is 1. The van der Waals surface area contributed by atoms with Gasteiger partial charge in [0, 0.05) is 18.3 Å². The van der Waals surface area contributed by atoms with Gasteiger partial charge in [-0.3, -0.25) is 4.79 Å². The van der Waals surface area contributed by atoms with E-state index in [1.807, 2.05) is 54.7 Å². The van der Waals surface area contributed by atoms with E-state index in [9.17, 15) is 9.90 Å². The molecule has 5 heteroatoms. The smallest absolute Gasteiger partial charge is 0.222 e. The first-order chi connectivity index (χ1) is 11.6. The number of hydrogen-bond acceptors (Lipinski definition) is 3. The molecule has 0 aliphatic heterocycles. The minimum atomic E-state index is -0.734. The number of aliphatic hydroxyl groups is 1. The Morgan fingerprint density at radius 3 is 2.67 bits per heavy atom. The predicted molar refractivity (Wildman–Crippen MR) is 94.2 cm³/mol. The molecule has 5 nitrogen and oxygen atoms in total. The van der Waals surface area contributed by atoms with Crippen LogP contribution in [-0.4, -0.2) is 22.5 Å². The number of benzene rings is 2. The van der Waals surface area contributed by atoms with E-state index in [4.69, 9.17) is 11.5 Å². The molecule has 1 heterocycles. The van der Waals surface area contributed by atoms with Crippen LogP contribution >= 0.6 is 0 Å². The van der Waals surface area contributed by atoms with Crippen molar-refractivity contribution in [2.24, 2.45) is 17.4 Å². The molecule has 0 fully saturated rings. The van der Waals surface area contributed by atoms with Crippen molar-refractivity contribution in [3.05, 3.63) is 71.4 Å². The minimum absolute atomic E-state index is 0.214. The van der Waals surface area contributed by atoms with Crippen molar-refractivity contribution in [3.8, 4) is 0 Å². The lowest BCUT2D eigenvalue weighted by molar-refractivity contribution is -0.121. The van der Waals surface area contributed by atoms with E-state index < -0.39 is 17.9 Å². The third kappa shape index (κ3) is 3.32. The summed E-state index contributed by atoms with van der Waals surface area (Å²) in [7, 11) is 0. The summed E-state index contributed by atoms with van der Waals surface area (Å²) in [5, 5.41) is 11.8. The van der Waals surface area contributed by atoms with Crippen LogP contribution in [0.15, 0.2) is 54.7 Å². The molecule has 0 spiro atoms. The number of nitrogens with two attached hydrogens (primary N) is 2. The van der Waals surface area contributed by atoms with Crippen molar-refractivity contribution in [1.82, 2.24) is 4.98 Å². The third-order valence-corrected chi connectivity index (χ3v) is 4.33. The molecule has 3 rings (SSSR count). The van der Waals surface area contributed by atoms with Gasteiger partial charge in [0.15, 0.2) is 0 Å². The summed E-state index contributed by atoms with van der Waals surface area (Å²) >= 11 is 0. The lowest BCUT2D eigenvalue weighted by Crippen LogP contribution is -2.31. The zero-order valence-electron chi connectivity index (χ0n) is 13.3. The number of amides is 1. The maximum absolute atomic E-state index is 11.4. The topological polar surface area (TPSA) is 105 Å². The molecule has 3 aromatic rings. The Kier molecular flexibility index (Phi) is 4.64. The van der Waals surface area contributed by atoms with Gasteiger partial charge in [0.25, 0.3) is 0 Å². The van der Waals surface area contributed by atoms with E-state index in [1.54, 1.807) is 0 Å². The van der Waals surface area contributed by atoms with E-state index in [0.29, 0.717) is 6.42 Å². The molecule has 0 bridgehead atoms. The molecule has 124 valence electrons. The van der Waals surface area contributed by atoms with E-state index >= 15 is 0 Å². The number of carbonyl (C=O) groups excluding carboxylic acids is 1. The highest BCUT2D eigenvalue weighted by atomic mass is 16.3. The fourth-order valence-corrected chi connectivity index (χ4v) is 2.90. The van der Waals surface area contributed by atoms with Crippen LogP contribution in [-0.2, 0) is 11.2 Å². The monoisotopic (exact) mass is 323 g/mol. The number of carbonyl (C=O) groups is 1. The molecular formula is C19H21N3O2. The second kappa shape index (κ2) is 6.86. The summed E-state index contributed by atoms with van der Waals surface area (Å²) < 4.78 is 0. The molecule has 1 unspecified atom stereocenters. The average Bonchev–Trinajstić information content (AvgIpc) is 3.06. The molecule has 2 aromatic carbocycles. The Morgan fingerprint density at radius 2 is 1.92 bits per heavy atom. The molecule has 0 aliphatic rings. The highest BCUT2D eigenvalue weighted by molar-refractivity contribution is 5.80. The zero-order chi connectivity index (χ0) is 17.1. The molecule has 24 heavy (non-hydrogen) atoms. The van der Waals surface area contributed by atoms with E-state index in [-0.39, 0.29) is 6.54 Å². The summed E-state index contributed by atoms with van der Waals surface area (Å²) in [5.41, 5.74) is 14.5. The number of aromatic amines is 1. The Labute approximate surface area is 140 Å². The highest BCUT2D eigenvalue weighted by Crippen LogP contribution is 2.26. The van der Waals surface area contributed by atoms with E-state index in [2.05, 4.69) is 4.98 Å². The Bertz CT molecular complexity index is 856. The molecule has 0 saturated heterocycles. The highest BCUT2D eigenvalue weighted by Gasteiger charge is 2.16. The molecule has 1 amide bonds. The molecule has 2 atom stereocenters. The van der Waals surface area contributed by atoms with Crippen molar-refractivity contribution in [1.29, 1.82) is 0 Å². The number of H-pyrrole nitrogens is 1. The lowest BCUT2D eigenvalue weighted by atomic mass is 9.94. The second-order valence-corrected chi connectivity index (χ2v) is 6.01. The van der Waals surface area contributed by atoms with Crippen LogP contribution in [0.4, 0.5) is 0 Å². The summed E-state index contributed by atoms with van der Waals surface area (Å²) in [6.07, 6.45) is 1.61. The maximum Gasteiger partial charge on any atom is 0.222 e. The van der Waals surface area contributed by atoms with Crippen molar-refractivity contribution in [2.45, 2.75) is 12.5 Å². The molecule has 0 aliphatic carbocycles. The quantitative estimate of drug-likeness (QED) is 0.556. The Balaban J connectivity index is 1.85. The van der Waals surface area contributed by atoms with E-state index in [0.717, 1.165) is 27.6 Å². The fraction of sp³-hybridized carbons (Fsp3) is 0.211. The van der Waals surface area contributed by atoms with Gasteiger partial charge < -0.3 is 21.6 Å². The largest absolute Gasteiger partial charge is 0.384 e. The lowest BCUT2D eigenvalue weighted by Gasteiger charge is -2.15. The minimum Gasteiger partial charge on any atom is -0.384 e. The van der Waals surface area contributed by atoms with Gasteiger partial charge in [0.05, 0.1) is 5.92 Å². The summed E-state index contributed by atoms with van der Waals surface area (Å²) in [5.74, 6) is -0.798. The van der Waals surface area contributed by atoms with Crippen LogP contribution in [0.25, 0.3) is 10.9 Å². The van der Waals surface area contributed by atoms with Crippen molar-refractivity contribution in [2.75, 3.05) is 6.54 Å². The number of nitrogens with one attached hydrogen (secondary N) is 1. The standard InChI is InChI=1S/C19H21N3O2/c20-11-16(19(21)24)9-12-2-1-3-14(8-12)18(23)15-5-4-13-6-7-22-17(13)10-15/h1-8,10,16,18,22-23H,9,11,20H2,(H2,21,24)/t16-,18?/m0/s1. The van der Waals surface area contributed by atoms with Gasteiger partial charge >= 0.3 is 0 Å². The van der Waals surface area contributed by atoms with E-state index in [1.165, 1.54) is 0 Å². The maximum atomic E-state index is 11.4. The van der Waals surface area contributed by atoms with Crippen LogP contribution < -0.4 is 11.5 Å². The SMILES string of the molecule is NC[C@H](Cc1cccc(C(O)c2ccc3cc[nH]c3c2)c1)C(N)=O. The normalized spacial score (nSPS) is 13.8. The van der Waals surface area contributed by atoms with Gasteiger partial charge in [-0.1, -0.05) is 36.4 Å². The first kappa shape index (κ1) is 16.2. The second-order valence-electron chi connectivity index (χ2n) is 6.01. The average molecular weight is 323 g/mol. The van der Waals surface area contributed by atoms with Gasteiger partial charge in [0.2, 0.25) is 5.91 Å². The Hall–Kier alpha value is -2.63. The molecule has 1 aromatic heterocycles. The number of rotatable bonds is 6. The zero-order valence-corrected chi connectivity index (χ0v) is 13.3. The van der Waals surface area contributed by atoms with Crippen LogP contribution in [0, 0.1) is 5.92 Å². The van der Waals surface area contributed by atoms with Gasteiger partial charge in [-0.05, 0) is 40.6 Å². The third-order valence-electron chi connectivity index (χ3n) is 4.33. The summed E-state index contributed by atoms with van der Waals surface area (Å²) in [4.78, 5) is 14.5. The Morgan fingerprint density at radius 1 is 1.12 bits per heavy atom. The molecule has 0 saturated carbocycles. The summed E-state index contributed by atoms with van der Waals surface area (Å²) in [6, 6.07) is 15.4. The van der Waals surface area contributed by atoms with Gasteiger partial charge in [-0.2, -0.15) is 0 Å². The fourth-order valence-electron chi connectivity index (χ4n) is 2.90. The molecular weight excluding hydrogens is 302 g/mol. The van der Waals surface area contributed by atoms with Gasteiger partial charge in [-0.25, -0.2) is 0 Å². The molecule has 6 N–H and O–H groups in total. The van der Waals surface area contributed by atoms with Crippen molar-refractivity contribution < 1.29 is 9.90 Å². The number of aliphatic hydroxyl groups excluding tert-OH is 1.